The zero-order valence-corrected chi connectivity index (χ0v) is 59.8. The fourth-order valence-electron chi connectivity index (χ4n) is 10.4. The summed E-state index contributed by atoms with van der Waals surface area (Å²) in [5, 5.41) is 10.6. The maximum absolute atomic E-state index is 13.0. The van der Waals surface area contributed by atoms with E-state index < -0.39 is 97.5 Å². The van der Waals surface area contributed by atoms with E-state index >= 15 is 0 Å². The molecule has 5 unspecified atom stereocenters. The second-order valence-corrected chi connectivity index (χ2v) is 29.6. The summed E-state index contributed by atoms with van der Waals surface area (Å²) in [5.74, 6) is 0.860. The van der Waals surface area contributed by atoms with E-state index in [1.54, 1.807) is 0 Å². The van der Waals surface area contributed by atoms with Gasteiger partial charge in [-0.2, -0.15) is 0 Å². The Kier molecular flexibility index (Phi) is 58.5. The Labute approximate surface area is 543 Å². The molecule has 0 radical (unpaired) electrons. The van der Waals surface area contributed by atoms with Crippen LogP contribution >= 0.6 is 15.6 Å². The highest BCUT2D eigenvalue weighted by Crippen LogP contribution is 2.45. The molecule has 0 saturated carbocycles. The quantitative estimate of drug-likeness (QED) is 0.0222. The number of phosphoric acid groups is 2. The predicted molar refractivity (Wildman–Crippen MR) is 358 cm³/mol. The molecule has 0 fully saturated rings. The molecule has 0 aliphatic carbocycles. The van der Waals surface area contributed by atoms with Gasteiger partial charge in [-0.05, 0) is 49.4 Å². The van der Waals surface area contributed by atoms with Crippen molar-refractivity contribution in [2.75, 3.05) is 39.6 Å². The minimum Gasteiger partial charge on any atom is -0.462 e. The third kappa shape index (κ3) is 62.0. The molecule has 0 spiro atoms. The van der Waals surface area contributed by atoms with Crippen molar-refractivity contribution in [2.45, 2.75) is 363 Å². The number of rotatable bonds is 67. The molecule has 89 heavy (non-hydrogen) atoms. The molecule has 0 aromatic rings. The lowest BCUT2D eigenvalue weighted by Crippen LogP contribution is -2.30. The summed E-state index contributed by atoms with van der Waals surface area (Å²) in [5.41, 5.74) is 0. The number of esters is 4. The van der Waals surface area contributed by atoms with E-state index in [-0.39, 0.29) is 25.7 Å². The molecular weight excluding hydrogens is 1170 g/mol. The second-order valence-electron chi connectivity index (χ2n) is 26.7. The molecule has 0 amide bonds. The predicted octanol–water partition coefficient (Wildman–Crippen LogP) is 19.7. The Bertz CT molecular complexity index is 1770. The zero-order chi connectivity index (χ0) is 66.1. The molecular formula is C70H136O17P2. The van der Waals surface area contributed by atoms with Crippen molar-refractivity contribution >= 4 is 39.5 Å². The monoisotopic (exact) mass is 1310 g/mol. The first-order valence-electron chi connectivity index (χ1n) is 36.3. The molecule has 19 heteroatoms. The number of carbonyl (C=O) groups excluding carboxylic acids is 4. The lowest BCUT2D eigenvalue weighted by Gasteiger charge is -2.21. The Morgan fingerprint density at radius 2 is 0.539 bits per heavy atom. The number of ether oxygens (including phenoxy) is 4. The largest absolute Gasteiger partial charge is 0.472 e. The van der Waals surface area contributed by atoms with E-state index in [0.29, 0.717) is 31.6 Å². The van der Waals surface area contributed by atoms with Gasteiger partial charge in [-0.3, -0.25) is 37.3 Å². The summed E-state index contributed by atoms with van der Waals surface area (Å²) in [6, 6.07) is 0. The molecule has 0 bridgehead atoms. The van der Waals surface area contributed by atoms with Crippen LogP contribution in [0.3, 0.4) is 0 Å². The SMILES string of the molecule is CCC(C)CCCCCCCCCCC(=O)O[C@H](COC(=O)CCCCCCCCCCCCCCCCC(C)C)COP(=O)(O)OCC(O)COP(=O)(O)OC[C@@H](COC(=O)CCCCCCCCCC(C)C)OC(=O)CCCCCCCCC(C)CC. The summed E-state index contributed by atoms with van der Waals surface area (Å²) in [6.45, 7) is 14.1. The van der Waals surface area contributed by atoms with Crippen LogP contribution in [0.5, 0.6) is 0 Å². The van der Waals surface area contributed by atoms with Crippen molar-refractivity contribution in [3.05, 3.63) is 0 Å². The van der Waals surface area contributed by atoms with Gasteiger partial charge < -0.3 is 33.8 Å². The van der Waals surface area contributed by atoms with Gasteiger partial charge in [0.05, 0.1) is 26.4 Å². The van der Waals surface area contributed by atoms with Gasteiger partial charge in [0.25, 0.3) is 0 Å². The summed E-state index contributed by atoms with van der Waals surface area (Å²) >= 11 is 0. The topological polar surface area (TPSA) is 237 Å². The first-order chi connectivity index (χ1) is 42.7. The Hall–Kier alpha value is -1.94. The fraction of sp³-hybridized carbons (Fsp3) is 0.943. The van der Waals surface area contributed by atoms with Crippen molar-refractivity contribution in [1.29, 1.82) is 0 Å². The van der Waals surface area contributed by atoms with Crippen LogP contribution in [-0.4, -0.2) is 96.7 Å². The average molecular weight is 1310 g/mol. The minimum atomic E-state index is -4.95. The van der Waals surface area contributed by atoms with E-state index in [2.05, 4.69) is 55.4 Å². The molecule has 7 atom stereocenters. The van der Waals surface area contributed by atoms with Gasteiger partial charge in [-0.1, -0.05) is 293 Å². The van der Waals surface area contributed by atoms with Gasteiger partial charge in [0.1, 0.15) is 19.3 Å². The highest BCUT2D eigenvalue weighted by molar-refractivity contribution is 7.47. The first kappa shape index (κ1) is 87.1. The molecule has 0 rings (SSSR count). The normalized spacial score (nSPS) is 14.9. The van der Waals surface area contributed by atoms with Crippen LogP contribution < -0.4 is 0 Å². The van der Waals surface area contributed by atoms with Crippen molar-refractivity contribution in [3.63, 3.8) is 0 Å². The van der Waals surface area contributed by atoms with Gasteiger partial charge in [0, 0.05) is 25.7 Å². The number of phosphoric ester groups is 2. The van der Waals surface area contributed by atoms with Crippen LogP contribution in [0.25, 0.3) is 0 Å². The second kappa shape index (κ2) is 59.8. The molecule has 17 nitrogen and oxygen atoms in total. The van der Waals surface area contributed by atoms with Crippen molar-refractivity contribution < 1.29 is 80.2 Å². The van der Waals surface area contributed by atoms with Gasteiger partial charge in [-0.25, -0.2) is 9.13 Å². The van der Waals surface area contributed by atoms with Crippen LogP contribution in [0, 0.1) is 23.7 Å². The summed E-state index contributed by atoms with van der Waals surface area (Å²) in [7, 11) is -9.90. The van der Waals surface area contributed by atoms with Gasteiger partial charge in [0.15, 0.2) is 12.2 Å². The summed E-state index contributed by atoms with van der Waals surface area (Å²) in [6.07, 6.45) is 41.8. The minimum absolute atomic E-state index is 0.102. The molecule has 3 N–H and O–H groups in total. The highest BCUT2D eigenvalue weighted by atomic mass is 31.2. The molecule has 0 aliphatic rings. The number of aliphatic hydroxyl groups excluding tert-OH is 1. The van der Waals surface area contributed by atoms with E-state index in [0.717, 1.165) is 114 Å². The Balaban J connectivity index is 5.23. The number of carbonyl (C=O) groups is 4. The molecule has 528 valence electrons. The van der Waals surface area contributed by atoms with Crippen LogP contribution in [-0.2, 0) is 65.4 Å². The Morgan fingerprint density at radius 1 is 0.315 bits per heavy atom. The fourth-order valence-corrected chi connectivity index (χ4v) is 12.0. The number of hydrogen-bond donors (Lipinski definition) is 3. The lowest BCUT2D eigenvalue weighted by atomic mass is 9.99. The van der Waals surface area contributed by atoms with E-state index in [4.69, 9.17) is 37.0 Å². The van der Waals surface area contributed by atoms with Gasteiger partial charge >= 0.3 is 39.5 Å². The van der Waals surface area contributed by atoms with E-state index in [1.165, 1.54) is 141 Å². The van der Waals surface area contributed by atoms with Crippen LogP contribution in [0.15, 0.2) is 0 Å². The van der Waals surface area contributed by atoms with Crippen LogP contribution in [0.2, 0.25) is 0 Å². The lowest BCUT2D eigenvalue weighted by molar-refractivity contribution is -0.161. The first-order valence-corrected chi connectivity index (χ1v) is 39.3. The van der Waals surface area contributed by atoms with E-state index in [9.17, 15) is 43.2 Å². The smallest absolute Gasteiger partial charge is 0.462 e. The van der Waals surface area contributed by atoms with Gasteiger partial charge in [0.2, 0.25) is 0 Å². The third-order valence-corrected chi connectivity index (χ3v) is 18.7. The number of aliphatic hydroxyl groups is 1. The average Bonchev–Trinajstić information content (AvgIpc) is 3.67. The highest BCUT2D eigenvalue weighted by Gasteiger charge is 2.30. The number of unbranched alkanes of at least 4 members (excludes halogenated alkanes) is 31. The molecule has 0 saturated heterocycles. The molecule has 0 heterocycles. The van der Waals surface area contributed by atoms with Crippen molar-refractivity contribution in [2.24, 2.45) is 23.7 Å². The standard InChI is InChI=1S/C70H136O17P2/c1-9-62(7)48-40-32-24-19-20-26-36-44-52-69(74)86-65(56-80-67(72)50-42-34-25-18-16-14-12-11-13-15-17-22-30-38-46-60(3)4)58-84-88(76,77)82-54-64(71)55-83-89(78,79)85-59-66(87-70(75)53-45-37-29-28-33-41-49-63(8)10-2)57-81-68(73)51-43-35-27-21-23-31-39-47-61(5)6/h60-66,71H,9-59H2,1-8H3,(H,76,77)(H,78,79)/t62?,63?,64?,65-,66-/m1/s1. The van der Waals surface area contributed by atoms with Crippen molar-refractivity contribution in [3.8, 4) is 0 Å². The summed E-state index contributed by atoms with van der Waals surface area (Å²) in [4.78, 5) is 72.5. The van der Waals surface area contributed by atoms with Crippen molar-refractivity contribution in [1.82, 2.24) is 0 Å². The van der Waals surface area contributed by atoms with Crippen LogP contribution in [0.4, 0.5) is 0 Å². The maximum atomic E-state index is 13.0. The van der Waals surface area contributed by atoms with E-state index in [1.807, 2.05) is 0 Å². The Morgan fingerprint density at radius 3 is 0.798 bits per heavy atom. The molecule has 0 aromatic heterocycles. The molecule has 0 aromatic carbocycles. The maximum Gasteiger partial charge on any atom is 0.472 e. The number of hydrogen-bond acceptors (Lipinski definition) is 15. The van der Waals surface area contributed by atoms with Crippen LogP contribution in [0.1, 0.15) is 344 Å². The third-order valence-electron chi connectivity index (χ3n) is 16.8. The van der Waals surface area contributed by atoms with Gasteiger partial charge in [-0.15, -0.1) is 0 Å². The zero-order valence-electron chi connectivity index (χ0n) is 58.1. The molecule has 0 aliphatic heterocycles. The summed E-state index contributed by atoms with van der Waals surface area (Å²) < 4.78 is 68.2.